The van der Waals surface area contributed by atoms with Crippen LogP contribution in [0.15, 0.2) is 0 Å². The highest BCUT2D eigenvalue weighted by molar-refractivity contribution is 7.18. The summed E-state index contributed by atoms with van der Waals surface area (Å²) in [5.41, 5.74) is 13.4. The minimum atomic E-state index is -0.421. The van der Waals surface area contributed by atoms with Crippen LogP contribution in [0, 0.1) is 0 Å². The minimum Gasteiger partial charge on any atom is -0.397 e. The van der Waals surface area contributed by atoms with E-state index in [1.54, 1.807) is 0 Å². The fourth-order valence-electron chi connectivity index (χ4n) is 2.97. The topological polar surface area (TPSA) is 81.6 Å². The summed E-state index contributed by atoms with van der Waals surface area (Å²) in [6.45, 7) is 5.82. The second-order valence-corrected chi connectivity index (χ2v) is 6.86. The zero-order chi connectivity index (χ0) is 14.4. The first-order valence-electron chi connectivity index (χ1n) is 7.09. The monoisotopic (exact) mass is 295 g/mol. The molecule has 2 heterocycles. The summed E-state index contributed by atoms with van der Waals surface area (Å²) in [5.74, 6) is 0.0813. The summed E-state index contributed by atoms with van der Waals surface area (Å²) in [5, 5.41) is 1.13. The molecule has 0 radical (unpaired) electrons. The lowest BCUT2D eigenvalue weighted by molar-refractivity contribution is -0.00504. The normalized spacial score (nSPS) is 26.8. The lowest BCUT2D eigenvalue weighted by Crippen LogP contribution is -2.45. The van der Waals surface area contributed by atoms with Gasteiger partial charge in [0.15, 0.2) is 0 Å². The lowest BCUT2D eigenvalue weighted by atomic mass is 10.1. The number of morpholine rings is 1. The summed E-state index contributed by atoms with van der Waals surface area (Å²) in [6.07, 6.45) is 2.68. The molecule has 2 aliphatic rings. The predicted octanol–water partition coefficient (Wildman–Crippen LogP) is 1.92. The first-order chi connectivity index (χ1) is 9.47. The molecule has 1 saturated carbocycles. The number of nitrogens with two attached hydrogens (primary N) is 2. The summed E-state index contributed by atoms with van der Waals surface area (Å²) in [4.78, 5) is 14.4. The fourth-order valence-corrected chi connectivity index (χ4v) is 4.15. The first kappa shape index (κ1) is 13.7. The minimum absolute atomic E-state index is 0.186. The summed E-state index contributed by atoms with van der Waals surface area (Å²) < 4.78 is 5.78. The number of nitrogens with zero attached hydrogens (tertiary/aromatic N) is 1. The second kappa shape index (κ2) is 4.93. The Bertz CT molecular complexity index is 529. The van der Waals surface area contributed by atoms with Crippen molar-refractivity contribution in [3.8, 4) is 0 Å². The van der Waals surface area contributed by atoms with Crippen molar-refractivity contribution in [3.63, 3.8) is 0 Å². The van der Waals surface area contributed by atoms with E-state index in [0.717, 1.165) is 36.5 Å². The van der Waals surface area contributed by atoms with Crippen molar-refractivity contribution in [3.05, 3.63) is 10.4 Å². The molecule has 2 atom stereocenters. The molecule has 0 unspecified atom stereocenters. The number of thiophene rings is 1. The van der Waals surface area contributed by atoms with E-state index in [9.17, 15) is 4.79 Å². The molecular weight excluding hydrogens is 274 g/mol. The molecule has 0 bridgehead atoms. The van der Waals surface area contributed by atoms with E-state index in [2.05, 4.69) is 18.7 Å². The van der Waals surface area contributed by atoms with E-state index in [1.165, 1.54) is 11.3 Å². The van der Waals surface area contributed by atoms with Gasteiger partial charge in [0.1, 0.15) is 4.88 Å². The van der Waals surface area contributed by atoms with E-state index < -0.39 is 5.91 Å². The van der Waals surface area contributed by atoms with Gasteiger partial charge < -0.3 is 21.1 Å². The van der Waals surface area contributed by atoms with Crippen molar-refractivity contribution in [2.75, 3.05) is 23.7 Å². The Morgan fingerprint density at radius 2 is 1.90 bits per heavy atom. The van der Waals surface area contributed by atoms with Crippen molar-refractivity contribution < 1.29 is 9.53 Å². The third-order valence-corrected chi connectivity index (χ3v) is 5.18. The van der Waals surface area contributed by atoms with E-state index in [4.69, 9.17) is 16.2 Å². The molecule has 5 nitrogen and oxygen atoms in total. The van der Waals surface area contributed by atoms with Gasteiger partial charge >= 0.3 is 0 Å². The molecule has 1 aliphatic heterocycles. The zero-order valence-corrected chi connectivity index (χ0v) is 12.7. The van der Waals surface area contributed by atoms with Crippen LogP contribution < -0.4 is 16.4 Å². The smallest absolute Gasteiger partial charge is 0.260 e. The lowest BCUT2D eigenvalue weighted by Gasteiger charge is -2.36. The number of anilines is 2. The van der Waals surface area contributed by atoms with Crippen LogP contribution in [0.1, 0.15) is 47.8 Å². The number of ether oxygens (including phenoxy) is 1. The maximum absolute atomic E-state index is 11.6. The number of rotatable bonds is 3. The zero-order valence-electron chi connectivity index (χ0n) is 11.9. The third-order valence-electron chi connectivity index (χ3n) is 3.88. The number of primary amides is 1. The van der Waals surface area contributed by atoms with E-state index >= 15 is 0 Å². The van der Waals surface area contributed by atoms with Crippen LogP contribution in [0.5, 0.6) is 0 Å². The number of carbonyl (C=O) groups excluding carboxylic acids is 1. The predicted molar refractivity (Wildman–Crippen MR) is 81.4 cm³/mol. The average Bonchev–Trinajstić information content (AvgIpc) is 3.11. The molecule has 3 rings (SSSR count). The van der Waals surface area contributed by atoms with Gasteiger partial charge in [0.05, 0.1) is 22.9 Å². The Labute approximate surface area is 122 Å². The number of carbonyl (C=O) groups is 1. The van der Waals surface area contributed by atoms with Crippen molar-refractivity contribution >= 4 is 27.9 Å². The van der Waals surface area contributed by atoms with Crippen LogP contribution in [0.4, 0.5) is 10.7 Å². The highest BCUT2D eigenvalue weighted by Crippen LogP contribution is 2.52. The third kappa shape index (κ3) is 2.38. The van der Waals surface area contributed by atoms with Gasteiger partial charge in [-0.2, -0.15) is 0 Å². The Kier molecular flexibility index (Phi) is 3.38. The van der Waals surface area contributed by atoms with Gasteiger partial charge in [-0.25, -0.2) is 0 Å². The number of nitrogen functional groups attached to an aromatic ring is 1. The number of amides is 1. The van der Waals surface area contributed by atoms with Gasteiger partial charge in [0.2, 0.25) is 0 Å². The van der Waals surface area contributed by atoms with Gasteiger partial charge in [-0.1, -0.05) is 0 Å². The maximum atomic E-state index is 11.6. The SMILES string of the molecule is C[C@@H]1CN(c2sc(C(N)=O)c(N)c2C2CC2)C[C@H](C)O1. The fraction of sp³-hybridized carbons (Fsp3) is 0.643. The standard InChI is InChI=1S/C14H21N3O2S/c1-7-5-17(6-8(2)19-7)14-10(9-3-4-9)11(15)12(20-14)13(16)18/h7-9H,3-6,15H2,1-2H3,(H2,16,18)/t7-,8+. The summed E-state index contributed by atoms with van der Waals surface area (Å²) >= 11 is 1.44. The van der Waals surface area contributed by atoms with Crippen LogP contribution in [-0.2, 0) is 4.74 Å². The number of hydrogen-bond donors (Lipinski definition) is 2. The highest BCUT2D eigenvalue weighted by Gasteiger charge is 2.35. The highest BCUT2D eigenvalue weighted by atomic mass is 32.1. The molecule has 4 N–H and O–H groups in total. The molecule has 2 fully saturated rings. The summed E-state index contributed by atoms with van der Waals surface area (Å²) in [6, 6.07) is 0. The maximum Gasteiger partial charge on any atom is 0.260 e. The van der Waals surface area contributed by atoms with Gasteiger partial charge in [0.25, 0.3) is 5.91 Å². The largest absolute Gasteiger partial charge is 0.397 e. The van der Waals surface area contributed by atoms with Gasteiger partial charge in [-0.15, -0.1) is 11.3 Å². The quantitative estimate of drug-likeness (QED) is 0.892. The molecule has 20 heavy (non-hydrogen) atoms. The van der Waals surface area contributed by atoms with Gasteiger partial charge in [-0.3, -0.25) is 4.79 Å². The molecule has 0 spiro atoms. The molecule has 1 amide bonds. The van der Waals surface area contributed by atoms with Crippen molar-refractivity contribution in [1.82, 2.24) is 0 Å². The molecule has 0 aromatic carbocycles. The van der Waals surface area contributed by atoms with Crippen LogP contribution in [0.3, 0.4) is 0 Å². The second-order valence-electron chi connectivity index (χ2n) is 5.86. The van der Waals surface area contributed by atoms with Crippen LogP contribution in [0.2, 0.25) is 0 Å². The van der Waals surface area contributed by atoms with E-state index in [0.29, 0.717) is 16.5 Å². The average molecular weight is 295 g/mol. The van der Waals surface area contributed by atoms with Gasteiger partial charge in [0, 0.05) is 18.7 Å². The van der Waals surface area contributed by atoms with Crippen molar-refractivity contribution in [2.24, 2.45) is 5.73 Å². The molecule has 6 heteroatoms. The van der Waals surface area contributed by atoms with E-state index in [-0.39, 0.29) is 12.2 Å². The molecule has 1 aliphatic carbocycles. The van der Waals surface area contributed by atoms with E-state index in [1.807, 2.05) is 0 Å². The molecule has 1 aromatic heterocycles. The molecule has 1 saturated heterocycles. The Hall–Kier alpha value is -1.27. The summed E-state index contributed by atoms with van der Waals surface area (Å²) in [7, 11) is 0. The van der Waals surface area contributed by atoms with Crippen molar-refractivity contribution in [1.29, 1.82) is 0 Å². The Balaban J connectivity index is 1.99. The Morgan fingerprint density at radius 1 is 1.30 bits per heavy atom. The van der Waals surface area contributed by atoms with Crippen molar-refractivity contribution in [2.45, 2.75) is 44.8 Å². The number of hydrogen-bond acceptors (Lipinski definition) is 5. The molecular formula is C14H21N3O2S. The van der Waals surface area contributed by atoms with Gasteiger partial charge in [-0.05, 0) is 32.6 Å². The Morgan fingerprint density at radius 3 is 2.40 bits per heavy atom. The molecule has 110 valence electrons. The van der Waals surface area contributed by atoms with Crippen LogP contribution in [-0.4, -0.2) is 31.2 Å². The van der Waals surface area contributed by atoms with Crippen LogP contribution >= 0.6 is 11.3 Å². The van der Waals surface area contributed by atoms with Crippen LogP contribution in [0.25, 0.3) is 0 Å². The molecule has 1 aromatic rings. The first-order valence-corrected chi connectivity index (χ1v) is 7.91.